The summed E-state index contributed by atoms with van der Waals surface area (Å²) in [4.78, 5) is 23.9. The number of hydrogen-bond donors (Lipinski definition) is 0. The Morgan fingerprint density at radius 1 is 1.19 bits per heavy atom. The van der Waals surface area contributed by atoms with Crippen molar-refractivity contribution < 1.29 is 9.59 Å². The molecule has 2 aromatic rings. The third-order valence-corrected chi connectivity index (χ3v) is 4.26. The molecule has 1 atom stereocenters. The summed E-state index contributed by atoms with van der Waals surface area (Å²) in [6.45, 7) is 2.42. The zero-order chi connectivity index (χ0) is 15.0. The minimum Gasteiger partial charge on any atom is -0.342 e. The molecule has 0 aliphatic carbocycles. The van der Waals surface area contributed by atoms with Crippen molar-refractivity contribution >= 4 is 23.2 Å². The first-order valence-corrected chi connectivity index (χ1v) is 7.43. The SMILES string of the molecule is CC(=O)CC1CCn2c(C(=O)c3ccc(Cl)cc3)ccc21. The second kappa shape index (κ2) is 5.49. The number of ketones is 2. The predicted molar refractivity (Wildman–Crippen MR) is 82.0 cm³/mol. The lowest BCUT2D eigenvalue weighted by Gasteiger charge is -2.07. The second-order valence-corrected chi connectivity index (χ2v) is 5.96. The van der Waals surface area contributed by atoms with Gasteiger partial charge in [0.15, 0.2) is 0 Å². The first-order valence-electron chi connectivity index (χ1n) is 7.05. The number of carbonyl (C=O) groups is 2. The minimum atomic E-state index is 0.00129. The molecule has 0 bridgehead atoms. The lowest BCUT2D eigenvalue weighted by atomic mass is 9.98. The number of Topliss-reactive ketones (excluding diaryl/α,β-unsaturated/α-hetero) is 1. The molecule has 21 heavy (non-hydrogen) atoms. The maximum Gasteiger partial charge on any atom is 0.209 e. The molecular weight excluding hydrogens is 286 g/mol. The van der Waals surface area contributed by atoms with Gasteiger partial charge in [0.2, 0.25) is 5.78 Å². The maximum absolute atomic E-state index is 12.6. The van der Waals surface area contributed by atoms with Crippen LogP contribution in [-0.2, 0) is 11.3 Å². The molecule has 1 aliphatic rings. The van der Waals surface area contributed by atoms with Crippen LogP contribution in [0.25, 0.3) is 0 Å². The lowest BCUT2D eigenvalue weighted by Crippen LogP contribution is -2.08. The Bertz CT molecular complexity index is 700. The van der Waals surface area contributed by atoms with Crippen molar-refractivity contribution in [2.24, 2.45) is 0 Å². The highest BCUT2D eigenvalue weighted by atomic mass is 35.5. The van der Waals surface area contributed by atoms with Crippen LogP contribution < -0.4 is 0 Å². The number of hydrogen-bond acceptors (Lipinski definition) is 2. The van der Waals surface area contributed by atoms with E-state index in [1.807, 2.05) is 16.7 Å². The fraction of sp³-hybridized carbons (Fsp3) is 0.294. The molecule has 1 aromatic carbocycles. The van der Waals surface area contributed by atoms with E-state index in [0.29, 0.717) is 22.7 Å². The van der Waals surface area contributed by atoms with E-state index in [1.165, 1.54) is 0 Å². The number of benzene rings is 1. The number of rotatable bonds is 4. The Morgan fingerprint density at radius 3 is 2.57 bits per heavy atom. The average molecular weight is 302 g/mol. The zero-order valence-electron chi connectivity index (χ0n) is 11.8. The van der Waals surface area contributed by atoms with Crippen LogP contribution in [0.5, 0.6) is 0 Å². The van der Waals surface area contributed by atoms with Crippen molar-refractivity contribution in [1.29, 1.82) is 0 Å². The number of halogens is 1. The number of fused-ring (bicyclic) bond motifs is 1. The molecule has 0 fully saturated rings. The summed E-state index contributed by atoms with van der Waals surface area (Å²) in [6, 6.07) is 10.8. The Balaban J connectivity index is 1.90. The van der Waals surface area contributed by atoms with E-state index in [4.69, 9.17) is 11.6 Å². The fourth-order valence-electron chi connectivity index (χ4n) is 3.02. The van der Waals surface area contributed by atoms with Crippen LogP contribution in [0.2, 0.25) is 5.02 Å². The van der Waals surface area contributed by atoms with Crippen LogP contribution in [0.3, 0.4) is 0 Å². The van der Waals surface area contributed by atoms with Crippen LogP contribution >= 0.6 is 11.6 Å². The predicted octanol–water partition coefficient (Wildman–Crippen LogP) is 3.84. The van der Waals surface area contributed by atoms with E-state index < -0.39 is 0 Å². The van der Waals surface area contributed by atoms with Gasteiger partial charge in [0.25, 0.3) is 0 Å². The smallest absolute Gasteiger partial charge is 0.209 e. The molecule has 1 aliphatic heterocycles. The molecular formula is C17H16ClNO2. The summed E-state index contributed by atoms with van der Waals surface area (Å²) in [5, 5.41) is 0.619. The highest BCUT2D eigenvalue weighted by molar-refractivity contribution is 6.30. The van der Waals surface area contributed by atoms with Crippen molar-refractivity contribution in [3.8, 4) is 0 Å². The first-order chi connectivity index (χ1) is 10.1. The Kier molecular flexibility index (Phi) is 3.68. The molecule has 1 unspecified atom stereocenters. The maximum atomic E-state index is 12.6. The lowest BCUT2D eigenvalue weighted by molar-refractivity contribution is -0.117. The number of aromatic nitrogens is 1. The summed E-state index contributed by atoms with van der Waals surface area (Å²) < 4.78 is 2.05. The van der Waals surface area contributed by atoms with Crippen molar-refractivity contribution in [3.05, 3.63) is 58.4 Å². The Labute approximate surface area is 128 Å². The molecule has 4 heteroatoms. The fourth-order valence-corrected chi connectivity index (χ4v) is 3.15. The van der Waals surface area contributed by atoms with Crippen molar-refractivity contribution in [1.82, 2.24) is 4.57 Å². The van der Waals surface area contributed by atoms with Crippen LogP contribution in [0.1, 0.15) is 47.4 Å². The third-order valence-electron chi connectivity index (χ3n) is 4.01. The summed E-state index contributed by atoms with van der Waals surface area (Å²) in [5.74, 6) is 0.441. The molecule has 0 radical (unpaired) electrons. The van der Waals surface area contributed by atoms with Gasteiger partial charge in [-0.3, -0.25) is 4.79 Å². The normalized spacial score (nSPS) is 16.8. The summed E-state index contributed by atoms with van der Waals surface area (Å²) in [6.07, 6.45) is 1.48. The van der Waals surface area contributed by atoms with Crippen molar-refractivity contribution in [2.75, 3.05) is 0 Å². The van der Waals surface area contributed by atoms with Crippen molar-refractivity contribution in [2.45, 2.75) is 32.2 Å². The van der Waals surface area contributed by atoms with E-state index in [0.717, 1.165) is 18.7 Å². The third kappa shape index (κ3) is 2.66. The molecule has 0 amide bonds. The first kappa shape index (κ1) is 14.1. The van der Waals surface area contributed by atoms with Gasteiger partial charge < -0.3 is 9.36 Å². The van der Waals surface area contributed by atoms with Crippen LogP contribution in [0.4, 0.5) is 0 Å². The van der Waals surface area contributed by atoms with E-state index in [9.17, 15) is 9.59 Å². The van der Waals surface area contributed by atoms with E-state index in [2.05, 4.69) is 0 Å². The average Bonchev–Trinajstić information content (AvgIpc) is 3.01. The summed E-state index contributed by atoms with van der Waals surface area (Å²) >= 11 is 5.85. The van der Waals surface area contributed by atoms with Gasteiger partial charge in [-0.2, -0.15) is 0 Å². The van der Waals surface area contributed by atoms with Gasteiger partial charge in [0.1, 0.15) is 5.78 Å². The molecule has 1 aromatic heterocycles. The minimum absolute atomic E-state index is 0.00129. The molecule has 3 nitrogen and oxygen atoms in total. The zero-order valence-corrected chi connectivity index (χ0v) is 12.6. The quantitative estimate of drug-likeness (QED) is 0.805. The van der Waals surface area contributed by atoms with Crippen LogP contribution in [0.15, 0.2) is 36.4 Å². The Morgan fingerprint density at radius 2 is 1.90 bits per heavy atom. The van der Waals surface area contributed by atoms with Crippen LogP contribution in [0, 0.1) is 0 Å². The van der Waals surface area contributed by atoms with E-state index >= 15 is 0 Å². The monoisotopic (exact) mass is 301 g/mol. The van der Waals surface area contributed by atoms with Gasteiger partial charge in [-0.1, -0.05) is 11.6 Å². The van der Waals surface area contributed by atoms with E-state index in [1.54, 1.807) is 31.2 Å². The molecule has 0 saturated heterocycles. The molecule has 0 saturated carbocycles. The standard InChI is InChI=1S/C17H16ClNO2/c1-11(20)10-13-8-9-19-15(13)6-7-16(19)17(21)12-2-4-14(18)5-3-12/h2-7,13H,8-10H2,1H3. The van der Waals surface area contributed by atoms with Gasteiger partial charge in [-0.25, -0.2) is 0 Å². The Hall–Kier alpha value is -1.87. The number of nitrogens with zero attached hydrogens (tertiary/aromatic N) is 1. The number of carbonyl (C=O) groups excluding carboxylic acids is 2. The largest absolute Gasteiger partial charge is 0.342 e. The van der Waals surface area contributed by atoms with Gasteiger partial charge >= 0.3 is 0 Å². The molecule has 0 N–H and O–H groups in total. The molecule has 3 rings (SSSR count). The summed E-state index contributed by atoms with van der Waals surface area (Å²) in [7, 11) is 0. The van der Waals surface area contributed by atoms with Crippen molar-refractivity contribution in [3.63, 3.8) is 0 Å². The molecule has 2 heterocycles. The highest BCUT2D eigenvalue weighted by Crippen LogP contribution is 2.33. The van der Waals surface area contributed by atoms with Gasteiger partial charge in [-0.05, 0) is 49.7 Å². The second-order valence-electron chi connectivity index (χ2n) is 5.52. The van der Waals surface area contributed by atoms with E-state index in [-0.39, 0.29) is 17.5 Å². The van der Waals surface area contributed by atoms with Gasteiger partial charge in [0.05, 0.1) is 5.69 Å². The topological polar surface area (TPSA) is 39.1 Å². The highest BCUT2D eigenvalue weighted by Gasteiger charge is 2.27. The summed E-state index contributed by atoms with van der Waals surface area (Å²) in [5.41, 5.74) is 2.43. The van der Waals surface area contributed by atoms with Gasteiger partial charge in [-0.15, -0.1) is 0 Å². The molecule has 108 valence electrons. The molecule has 0 spiro atoms. The van der Waals surface area contributed by atoms with Crippen LogP contribution in [-0.4, -0.2) is 16.1 Å². The van der Waals surface area contributed by atoms with Gasteiger partial charge in [0, 0.05) is 35.2 Å².